The first-order chi connectivity index (χ1) is 7.68. The first-order valence-corrected chi connectivity index (χ1v) is 8.25. The summed E-state index contributed by atoms with van der Waals surface area (Å²) in [6, 6.07) is 7.44. The van der Waals surface area contributed by atoms with Gasteiger partial charge in [0.05, 0.1) is 0 Å². The molecule has 16 heavy (non-hydrogen) atoms. The van der Waals surface area contributed by atoms with Gasteiger partial charge >= 0.3 is 0 Å². The Morgan fingerprint density at radius 2 is 1.56 bits per heavy atom. The Hall–Kier alpha value is -0.120. The van der Waals surface area contributed by atoms with Crippen molar-refractivity contribution in [2.24, 2.45) is 0 Å². The predicted octanol–water partition coefficient (Wildman–Crippen LogP) is 2.57. The van der Waals surface area contributed by atoms with Gasteiger partial charge in [0, 0.05) is 31.2 Å². The SMILES string of the molecule is S=P(Oc1ccc(Cl)cc1)(N1CC1)N1CC1. The van der Waals surface area contributed by atoms with Gasteiger partial charge in [0.25, 0.3) is 6.57 Å². The molecule has 3 rings (SSSR count). The molecule has 3 nitrogen and oxygen atoms in total. The summed E-state index contributed by atoms with van der Waals surface area (Å²) in [5, 5.41) is 0.721. The van der Waals surface area contributed by atoms with Crippen LogP contribution in [0.2, 0.25) is 5.02 Å². The molecule has 2 aliphatic rings. The fourth-order valence-corrected chi connectivity index (χ4v) is 5.06. The van der Waals surface area contributed by atoms with Crippen LogP contribution in [0.25, 0.3) is 0 Å². The molecule has 0 unspecified atom stereocenters. The average molecular weight is 275 g/mol. The molecule has 0 spiro atoms. The maximum atomic E-state index is 6.02. The number of hydrogen-bond acceptors (Lipinski definition) is 2. The van der Waals surface area contributed by atoms with Crippen LogP contribution < -0.4 is 4.52 Å². The van der Waals surface area contributed by atoms with E-state index in [1.807, 2.05) is 24.3 Å². The van der Waals surface area contributed by atoms with Crippen LogP contribution in [-0.4, -0.2) is 35.5 Å². The number of halogens is 1. The van der Waals surface area contributed by atoms with Crippen molar-refractivity contribution in [3.05, 3.63) is 29.3 Å². The Balaban J connectivity index is 1.81. The Morgan fingerprint density at radius 3 is 2.00 bits per heavy atom. The van der Waals surface area contributed by atoms with Crippen LogP contribution in [0, 0.1) is 0 Å². The summed E-state index contributed by atoms with van der Waals surface area (Å²) < 4.78 is 10.5. The van der Waals surface area contributed by atoms with Crippen LogP contribution in [0.3, 0.4) is 0 Å². The maximum absolute atomic E-state index is 6.02. The van der Waals surface area contributed by atoms with Crippen LogP contribution >= 0.6 is 18.2 Å². The molecule has 2 fully saturated rings. The van der Waals surface area contributed by atoms with Gasteiger partial charge in [0.15, 0.2) is 0 Å². The summed E-state index contributed by atoms with van der Waals surface area (Å²) in [6.07, 6.45) is 0. The second-order valence-electron chi connectivity index (χ2n) is 3.94. The molecule has 0 atom stereocenters. The van der Waals surface area contributed by atoms with Crippen molar-refractivity contribution in [3.8, 4) is 5.75 Å². The van der Waals surface area contributed by atoms with E-state index in [0.717, 1.165) is 37.0 Å². The van der Waals surface area contributed by atoms with Crippen LogP contribution in [0.5, 0.6) is 5.75 Å². The zero-order valence-electron chi connectivity index (χ0n) is 8.67. The van der Waals surface area contributed by atoms with E-state index < -0.39 is 6.57 Å². The van der Waals surface area contributed by atoms with Gasteiger partial charge in [-0.1, -0.05) is 11.6 Å². The normalized spacial score (nSPS) is 20.8. The highest BCUT2D eigenvalue weighted by molar-refractivity contribution is 8.10. The molecule has 0 aromatic heterocycles. The molecule has 0 N–H and O–H groups in total. The molecule has 6 heteroatoms. The second kappa shape index (κ2) is 3.97. The molecule has 2 heterocycles. The molecule has 0 bridgehead atoms. The number of rotatable bonds is 4. The number of benzene rings is 1. The lowest BCUT2D eigenvalue weighted by Crippen LogP contribution is -2.09. The Kier molecular flexibility index (Phi) is 2.73. The molecule has 86 valence electrons. The van der Waals surface area contributed by atoms with Crippen molar-refractivity contribution in [3.63, 3.8) is 0 Å². The minimum Gasteiger partial charge on any atom is -0.441 e. The molecule has 0 radical (unpaired) electrons. The molecule has 0 amide bonds. The fourth-order valence-electron chi connectivity index (χ4n) is 1.52. The summed E-state index contributed by atoms with van der Waals surface area (Å²) in [5.74, 6) is 0.825. The quantitative estimate of drug-likeness (QED) is 0.619. The van der Waals surface area contributed by atoms with E-state index in [4.69, 9.17) is 27.9 Å². The van der Waals surface area contributed by atoms with E-state index in [-0.39, 0.29) is 0 Å². The van der Waals surface area contributed by atoms with Crippen molar-refractivity contribution in [1.29, 1.82) is 0 Å². The zero-order valence-corrected chi connectivity index (χ0v) is 11.1. The topological polar surface area (TPSA) is 15.2 Å². The molecule has 0 aliphatic carbocycles. The van der Waals surface area contributed by atoms with Crippen molar-refractivity contribution < 1.29 is 4.52 Å². The lowest BCUT2D eigenvalue weighted by atomic mass is 10.3. The van der Waals surface area contributed by atoms with Crippen LogP contribution in [0.1, 0.15) is 0 Å². The van der Waals surface area contributed by atoms with Crippen molar-refractivity contribution >= 4 is 30.0 Å². The van der Waals surface area contributed by atoms with Gasteiger partial charge in [-0.2, -0.15) is 0 Å². The van der Waals surface area contributed by atoms with Gasteiger partial charge in [0.2, 0.25) is 0 Å². The van der Waals surface area contributed by atoms with E-state index in [9.17, 15) is 0 Å². The largest absolute Gasteiger partial charge is 0.441 e. The summed E-state index contributed by atoms with van der Waals surface area (Å²) in [4.78, 5) is 0. The Morgan fingerprint density at radius 1 is 1.06 bits per heavy atom. The van der Waals surface area contributed by atoms with Crippen molar-refractivity contribution in [2.75, 3.05) is 26.2 Å². The average Bonchev–Trinajstić information content (AvgIpc) is 3.14. The second-order valence-corrected chi connectivity index (χ2v) is 8.10. The third-order valence-corrected chi connectivity index (χ3v) is 7.14. The van der Waals surface area contributed by atoms with Crippen molar-refractivity contribution in [1.82, 2.24) is 9.34 Å². The molecular weight excluding hydrogens is 263 g/mol. The van der Waals surface area contributed by atoms with Crippen LogP contribution in [0.15, 0.2) is 24.3 Å². The van der Waals surface area contributed by atoms with E-state index in [2.05, 4.69) is 9.34 Å². The third-order valence-electron chi connectivity index (χ3n) is 2.60. The maximum Gasteiger partial charge on any atom is 0.253 e. The van der Waals surface area contributed by atoms with Gasteiger partial charge < -0.3 is 4.52 Å². The lowest BCUT2D eigenvalue weighted by Gasteiger charge is -2.24. The van der Waals surface area contributed by atoms with E-state index in [1.54, 1.807) is 0 Å². The zero-order chi connectivity index (χ0) is 11.2. The molecule has 2 saturated heterocycles. The Labute approximate surface area is 105 Å². The lowest BCUT2D eigenvalue weighted by molar-refractivity contribution is 0.532. The predicted molar refractivity (Wildman–Crippen MR) is 69.5 cm³/mol. The van der Waals surface area contributed by atoms with E-state index in [0.29, 0.717) is 0 Å². The molecule has 2 aliphatic heterocycles. The Bertz CT molecular complexity index is 429. The van der Waals surface area contributed by atoms with Crippen LogP contribution in [0.4, 0.5) is 0 Å². The van der Waals surface area contributed by atoms with Gasteiger partial charge in [-0.15, -0.1) is 0 Å². The third kappa shape index (κ3) is 2.13. The molecule has 0 saturated carbocycles. The fraction of sp³-hybridized carbons (Fsp3) is 0.400. The van der Waals surface area contributed by atoms with Gasteiger partial charge in [0.1, 0.15) is 5.75 Å². The monoisotopic (exact) mass is 274 g/mol. The minimum atomic E-state index is -1.92. The van der Waals surface area contributed by atoms with Crippen LogP contribution in [-0.2, 0) is 11.8 Å². The summed E-state index contributed by atoms with van der Waals surface area (Å²) in [6.45, 7) is 2.36. The highest BCUT2D eigenvalue weighted by atomic mass is 35.5. The minimum absolute atomic E-state index is 0.721. The number of nitrogens with zero attached hydrogens (tertiary/aromatic N) is 2. The molecule has 1 aromatic rings. The van der Waals surface area contributed by atoms with E-state index in [1.165, 1.54) is 0 Å². The summed E-state index contributed by atoms with van der Waals surface area (Å²) in [5.41, 5.74) is 0. The van der Waals surface area contributed by atoms with E-state index >= 15 is 0 Å². The summed E-state index contributed by atoms with van der Waals surface area (Å²) >= 11 is 11.5. The smallest absolute Gasteiger partial charge is 0.253 e. The number of hydrogen-bond donors (Lipinski definition) is 0. The molecular formula is C10H12ClN2OPS. The standard InChI is InChI=1S/C10H12ClN2OPS/c11-9-1-3-10(4-2-9)14-15(16,12-5-6-12)13-7-8-13/h1-4H,5-8H2. The summed E-state index contributed by atoms with van der Waals surface area (Å²) in [7, 11) is 0. The van der Waals surface area contributed by atoms with Crippen molar-refractivity contribution in [2.45, 2.75) is 0 Å². The first-order valence-electron chi connectivity index (χ1n) is 5.24. The van der Waals surface area contributed by atoms with Gasteiger partial charge in [-0.25, -0.2) is 9.34 Å². The highest BCUT2D eigenvalue weighted by Crippen LogP contribution is 2.60. The highest BCUT2D eigenvalue weighted by Gasteiger charge is 2.46. The first kappa shape index (κ1) is 11.0. The van der Waals surface area contributed by atoms with Gasteiger partial charge in [-0.3, -0.25) is 0 Å². The molecule has 1 aromatic carbocycles. The van der Waals surface area contributed by atoms with Gasteiger partial charge in [-0.05, 0) is 36.1 Å².